The highest BCUT2D eigenvalue weighted by Gasteiger charge is 2.11. The van der Waals surface area contributed by atoms with Crippen LogP contribution in [0.2, 0.25) is 0 Å². The smallest absolute Gasteiger partial charge is 0.267 e. The summed E-state index contributed by atoms with van der Waals surface area (Å²) < 4.78 is 12.7. The van der Waals surface area contributed by atoms with Crippen molar-refractivity contribution in [2.45, 2.75) is 26.3 Å². The zero-order valence-corrected chi connectivity index (χ0v) is 11.8. The summed E-state index contributed by atoms with van der Waals surface area (Å²) >= 11 is 0. The van der Waals surface area contributed by atoms with Crippen LogP contribution in [0.4, 0.5) is 5.69 Å². The van der Waals surface area contributed by atoms with E-state index in [-0.39, 0.29) is 5.91 Å². The second kappa shape index (κ2) is 7.20. The molecule has 0 aliphatic heterocycles. The molecule has 0 radical (unpaired) electrons. The van der Waals surface area contributed by atoms with Crippen molar-refractivity contribution in [2.24, 2.45) is 0 Å². The zero-order chi connectivity index (χ0) is 13.5. The molecule has 0 aliphatic carbocycles. The number of anilines is 1. The first-order chi connectivity index (χ1) is 8.54. The first kappa shape index (κ1) is 14.8. The third kappa shape index (κ3) is 4.52. The highest BCUT2D eigenvalue weighted by molar-refractivity contribution is 7.84. The van der Waals surface area contributed by atoms with Gasteiger partial charge in [-0.1, -0.05) is 6.92 Å². The Labute approximate surface area is 110 Å². The first-order valence-corrected chi connectivity index (χ1v) is 7.81. The van der Waals surface area contributed by atoms with Crippen molar-refractivity contribution < 1.29 is 9.00 Å². The molecule has 0 fully saturated rings. The van der Waals surface area contributed by atoms with Gasteiger partial charge in [0.15, 0.2) is 0 Å². The fourth-order valence-electron chi connectivity index (χ4n) is 1.72. The van der Waals surface area contributed by atoms with Crippen molar-refractivity contribution in [1.29, 1.82) is 0 Å². The van der Waals surface area contributed by atoms with Crippen LogP contribution in [0.25, 0.3) is 0 Å². The number of aromatic nitrogens is 1. The van der Waals surface area contributed by atoms with Crippen LogP contribution in [0.5, 0.6) is 0 Å². The molecular formula is C12H21N3O2S. The summed E-state index contributed by atoms with van der Waals surface area (Å²) in [4.78, 5) is 11.9. The lowest BCUT2D eigenvalue weighted by molar-refractivity contribution is 0.0944. The van der Waals surface area contributed by atoms with Crippen LogP contribution >= 0.6 is 0 Å². The van der Waals surface area contributed by atoms with Gasteiger partial charge in [0.1, 0.15) is 5.69 Å². The molecule has 102 valence electrons. The fourth-order valence-corrected chi connectivity index (χ4v) is 2.27. The quantitative estimate of drug-likeness (QED) is 0.726. The molecule has 0 aromatic carbocycles. The Morgan fingerprint density at radius 2 is 2.28 bits per heavy atom. The largest absolute Gasteiger partial charge is 0.397 e. The Morgan fingerprint density at radius 1 is 1.56 bits per heavy atom. The molecule has 3 N–H and O–H groups in total. The van der Waals surface area contributed by atoms with Gasteiger partial charge in [0.05, 0.1) is 5.69 Å². The van der Waals surface area contributed by atoms with Gasteiger partial charge in [0.2, 0.25) is 0 Å². The summed E-state index contributed by atoms with van der Waals surface area (Å²) in [6, 6.07) is 1.68. The summed E-state index contributed by atoms with van der Waals surface area (Å²) in [5.41, 5.74) is 6.89. The number of nitrogens with one attached hydrogen (secondary N) is 1. The summed E-state index contributed by atoms with van der Waals surface area (Å²) in [6.45, 7) is 3.36. The molecule has 0 saturated heterocycles. The van der Waals surface area contributed by atoms with Crippen LogP contribution in [0.15, 0.2) is 12.3 Å². The lowest BCUT2D eigenvalue weighted by Gasteiger charge is -2.08. The highest BCUT2D eigenvalue weighted by atomic mass is 32.2. The van der Waals surface area contributed by atoms with Gasteiger partial charge in [0, 0.05) is 42.1 Å². The molecular weight excluding hydrogens is 250 g/mol. The second-order valence-corrected chi connectivity index (χ2v) is 5.79. The normalized spacial score (nSPS) is 12.3. The van der Waals surface area contributed by atoms with Crippen LogP contribution < -0.4 is 11.1 Å². The van der Waals surface area contributed by atoms with E-state index >= 15 is 0 Å². The number of hydrogen-bond donors (Lipinski definition) is 2. The predicted molar refractivity (Wildman–Crippen MR) is 75.0 cm³/mol. The third-order valence-electron chi connectivity index (χ3n) is 2.51. The fraction of sp³-hybridized carbons (Fsp3) is 0.583. The number of rotatable bonds is 7. The van der Waals surface area contributed by atoms with Crippen molar-refractivity contribution >= 4 is 22.4 Å². The van der Waals surface area contributed by atoms with Gasteiger partial charge in [-0.2, -0.15) is 0 Å². The maximum atomic E-state index is 11.9. The summed E-state index contributed by atoms with van der Waals surface area (Å²) in [5, 5.41) is 2.82. The molecule has 5 nitrogen and oxygen atoms in total. The number of nitrogens with zero attached hydrogens (tertiary/aromatic N) is 1. The van der Waals surface area contributed by atoms with Crippen LogP contribution in [-0.2, 0) is 17.3 Å². The molecule has 1 heterocycles. The van der Waals surface area contributed by atoms with Gasteiger partial charge in [0.25, 0.3) is 5.91 Å². The molecule has 1 rings (SSSR count). The molecule has 0 aliphatic rings. The molecule has 0 bridgehead atoms. The Morgan fingerprint density at radius 3 is 2.89 bits per heavy atom. The van der Waals surface area contributed by atoms with Crippen LogP contribution in [0, 0.1) is 0 Å². The number of hydrogen-bond acceptors (Lipinski definition) is 3. The van der Waals surface area contributed by atoms with Crippen molar-refractivity contribution in [2.75, 3.05) is 24.3 Å². The average Bonchev–Trinajstić information content (AvgIpc) is 2.66. The maximum absolute atomic E-state index is 11.9. The van der Waals surface area contributed by atoms with E-state index in [4.69, 9.17) is 5.73 Å². The number of aryl methyl sites for hydroxylation is 1. The van der Waals surface area contributed by atoms with E-state index in [1.807, 2.05) is 4.57 Å². The monoisotopic (exact) mass is 271 g/mol. The lowest BCUT2D eigenvalue weighted by Crippen LogP contribution is -2.27. The van der Waals surface area contributed by atoms with E-state index < -0.39 is 10.8 Å². The molecule has 1 atom stereocenters. The number of amides is 1. The Hall–Kier alpha value is -1.30. The minimum atomic E-state index is -0.805. The van der Waals surface area contributed by atoms with Gasteiger partial charge >= 0.3 is 0 Å². The summed E-state index contributed by atoms with van der Waals surface area (Å²) in [5.74, 6) is 0.486. The Bertz CT molecular complexity index is 429. The molecule has 18 heavy (non-hydrogen) atoms. The van der Waals surface area contributed by atoms with Gasteiger partial charge < -0.3 is 15.6 Å². The second-order valence-electron chi connectivity index (χ2n) is 4.24. The molecule has 1 aromatic heterocycles. The standard InChI is InChI=1S/C12H21N3O2S/c1-3-6-15-9-10(13)8-11(15)12(16)14-5-4-7-18(2)17/h8-9H,3-7,13H2,1-2H3,(H,14,16). The molecule has 1 aromatic rings. The third-order valence-corrected chi connectivity index (χ3v) is 3.37. The van der Waals surface area contributed by atoms with Crippen LogP contribution in [0.3, 0.4) is 0 Å². The van der Waals surface area contributed by atoms with E-state index in [2.05, 4.69) is 12.2 Å². The van der Waals surface area contributed by atoms with Crippen LogP contribution in [0.1, 0.15) is 30.3 Å². The minimum absolute atomic E-state index is 0.123. The molecule has 0 saturated carbocycles. The van der Waals surface area contributed by atoms with E-state index in [1.54, 1.807) is 18.5 Å². The van der Waals surface area contributed by atoms with Gasteiger partial charge in [-0.3, -0.25) is 9.00 Å². The van der Waals surface area contributed by atoms with E-state index in [0.29, 0.717) is 23.7 Å². The van der Waals surface area contributed by atoms with Gasteiger partial charge in [-0.15, -0.1) is 0 Å². The number of carbonyl (C=O) groups excluding carboxylic acids is 1. The van der Waals surface area contributed by atoms with E-state index in [1.165, 1.54) is 0 Å². The van der Waals surface area contributed by atoms with Crippen molar-refractivity contribution in [1.82, 2.24) is 9.88 Å². The Kier molecular flexibility index (Phi) is 5.91. The van der Waals surface area contributed by atoms with E-state index in [0.717, 1.165) is 19.4 Å². The molecule has 0 spiro atoms. The number of carbonyl (C=O) groups is 1. The topological polar surface area (TPSA) is 77.1 Å². The lowest BCUT2D eigenvalue weighted by atomic mass is 10.3. The zero-order valence-electron chi connectivity index (χ0n) is 10.9. The molecule has 1 unspecified atom stereocenters. The van der Waals surface area contributed by atoms with Crippen LogP contribution in [-0.4, -0.2) is 33.2 Å². The SMILES string of the molecule is CCCn1cc(N)cc1C(=O)NCCCS(C)=O. The highest BCUT2D eigenvalue weighted by Crippen LogP contribution is 2.11. The maximum Gasteiger partial charge on any atom is 0.267 e. The van der Waals surface area contributed by atoms with Gasteiger partial charge in [-0.05, 0) is 18.9 Å². The van der Waals surface area contributed by atoms with Crippen molar-refractivity contribution in [3.05, 3.63) is 18.0 Å². The van der Waals surface area contributed by atoms with Crippen molar-refractivity contribution in [3.63, 3.8) is 0 Å². The molecule has 6 heteroatoms. The number of nitrogen functional groups attached to an aromatic ring is 1. The number of nitrogens with two attached hydrogens (primary N) is 1. The summed E-state index contributed by atoms with van der Waals surface area (Å²) in [6.07, 6.45) is 5.11. The summed E-state index contributed by atoms with van der Waals surface area (Å²) in [7, 11) is -0.805. The van der Waals surface area contributed by atoms with E-state index in [9.17, 15) is 9.00 Å². The predicted octanol–water partition coefficient (Wildman–Crippen LogP) is 0.979. The Balaban J connectivity index is 2.52. The first-order valence-electron chi connectivity index (χ1n) is 6.08. The molecule has 1 amide bonds. The minimum Gasteiger partial charge on any atom is -0.397 e. The van der Waals surface area contributed by atoms with Crippen molar-refractivity contribution in [3.8, 4) is 0 Å². The van der Waals surface area contributed by atoms with Gasteiger partial charge in [-0.25, -0.2) is 0 Å². The average molecular weight is 271 g/mol.